The van der Waals surface area contributed by atoms with E-state index in [1.54, 1.807) is 4.68 Å². The quantitative estimate of drug-likeness (QED) is 0.886. The van der Waals surface area contributed by atoms with Crippen LogP contribution in [-0.2, 0) is 13.0 Å². The third kappa shape index (κ3) is 3.50. The van der Waals surface area contributed by atoms with E-state index in [9.17, 15) is 4.79 Å². The number of primary amides is 1. The average molecular weight is 301 g/mol. The highest BCUT2D eigenvalue weighted by molar-refractivity contribution is 5.88. The van der Waals surface area contributed by atoms with Crippen molar-refractivity contribution < 1.29 is 4.79 Å². The molecule has 0 saturated carbocycles. The van der Waals surface area contributed by atoms with E-state index in [2.05, 4.69) is 41.9 Å². The summed E-state index contributed by atoms with van der Waals surface area (Å²) in [6.07, 6.45) is 1.69. The lowest BCUT2D eigenvalue weighted by Crippen LogP contribution is -2.14. The molecule has 0 aliphatic heterocycles. The molecule has 22 heavy (non-hydrogen) atoms. The Morgan fingerprint density at radius 3 is 2.59 bits per heavy atom. The minimum atomic E-state index is -0.596. The lowest BCUT2D eigenvalue weighted by atomic mass is 10.1. The predicted molar refractivity (Wildman–Crippen MR) is 84.7 cm³/mol. The summed E-state index contributed by atoms with van der Waals surface area (Å²) in [5.74, 6) is 0.661. The molecular weight excluding hydrogens is 278 g/mol. The molecule has 1 amide bonds. The van der Waals surface area contributed by atoms with E-state index >= 15 is 0 Å². The second kappa shape index (κ2) is 6.68. The largest absolute Gasteiger partial charge is 0.363 e. The number of amides is 1. The van der Waals surface area contributed by atoms with Crippen molar-refractivity contribution in [3.05, 3.63) is 40.7 Å². The molecule has 0 radical (unpaired) electrons. The Morgan fingerprint density at radius 1 is 1.32 bits per heavy atom. The van der Waals surface area contributed by atoms with Crippen LogP contribution in [0.1, 0.15) is 66.5 Å². The van der Waals surface area contributed by atoms with Crippen LogP contribution in [0.3, 0.4) is 0 Å². The van der Waals surface area contributed by atoms with E-state index in [1.807, 2.05) is 13.0 Å². The topological polar surface area (TPSA) is 86.7 Å². The van der Waals surface area contributed by atoms with Crippen molar-refractivity contribution in [3.8, 4) is 0 Å². The van der Waals surface area contributed by atoms with Crippen LogP contribution in [0.5, 0.6) is 0 Å². The minimum absolute atomic E-state index is 0.0767. The van der Waals surface area contributed by atoms with Gasteiger partial charge in [-0.3, -0.25) is 9.78 Å². The molecule has 2 rings (SSSR count). The molecule has 0 saturated heterocycles. The fraction of sp³-hybridized carbons (Fsp3) is 0.500. The Balaban J connectivity index is 2.31. The first kappa shape index (κ1) is 16.1. The smallest absolute Gasteiger partial charge is 0.288 e. The first-order valence-corrected chi connectivity index (χ1v) is 7.62. The van der Waals surface area contributed by atoms with E-state index in [4.69, 9.17) is 5.73 Å². The number of carbonyl (C=O) groups is 1. The van der Waals surface area contributed by atoms with Crippen molar-refractivity contribution in [2.75, 3.05) is 0 Å². The average Bonchev–Trinajstić information content (AvgIpc) is 2.84. The normalized spacial score (nSPS) is 11.1. The molecule has 2 aromatic heterocycles. The maximum atomic E-state index is 11.3. The molecule has 0 aliphatic carbocycles. The van der Waals surface area contributed by atoms with Gasteiger partial charge in [0.1, 0.15) is 5.82 Å². The molecular formula is C16H23N5O. The summed E-state index contributed by atoms with van der Waals surface area (Å²) in [5, 5.41) is 4.23. The van der Waals surface area contributed by atoms with Crippen molar-refractivity contribution in [3.63, 3.8) is 0 Å². The molecule has 0 aromatic carbocycles. The Morgan fingerprint density at radius 2 is 2.05 bits per heavy atom. The molecule has 0 spiro atoms. The van der Waals surface area contributed by atoms with Crippen LogP contribution in [0.15, 0.2) is 12.1 Å². The Kier molecular flexibility index (Phi) is 4.90. The predicted octanol–water partition coefficient (Wildman–Crippen LogP) is 2.20. The van der Waals surface area contributed by atoms with Gasteiger partial charge in [0, 0.05) is 17.8 Å². The number of nitrogens with zero attached hydrogens (tertiary/aromatic N) is 4. The van der Waals surface area contributed by atoms with Gasteiger partial charge in [-0.25, -0.2) is 9.67 Å². The van der Waals surface area contributed by atoms with Crippen molar-refractivity contribution in [1.82, 2.24) is 19.7 Å². The molecule has 2 N–H and O–H groups in total. The zero-order valence-electron chi connectivity index (χ0n) is 13.6. The van der Waals surface area contributed by atoms with Crippen LogP contribution < -0.4 is 5.73 Å². The van der Waals surface area contributed by atoms with Crippen molar-refractivity contribution >= 4 is 5.91 Å². The van der Waals surface area contributed by atoms with E-state index < -0.39 is 5.91 Å². The highest BCUT2D eigenvalue weighted by Crippen LogP contribution is 2.16. The number of nitrogens with two attached hydrogens (primary N) is 1. The van der Waals surface area contributed by atoms with Crippen molar-refractivity contribution in [2.24, 2.45) is 5.73 Å². The lowest BCUT2D eigenvalue weighted by molar-refractivity contribution is 0.0990. The van der Waals surface area contributed by atoms with Crippen LogP contribution in [0.25, 0.3) is 0 Å². The standard InChI is InChI=1S/C16H23N5O/c1-5-6-14-19-16(15(17)22)20-21(14)9-12-7-8-13(10(2)3)18-11(12)4/h7-8,10H,5-6,9H2,1-4H3,(H2,17,22). The van der Waals surface area contributed by atoms with E-state index in [-0.39, 0.29) is 5.82 Å². The van der Waals surface area contributed by atoms with Crippen LogP contribution in [0.4, 0.5) is 0 Å². The second-order valence-corrected chi connectivity index (χ2v) is 5.76. The summed E-state index contributed by atoms with van der Waals surface area (Å²) < 4.78 is 1.75. The van der Waals surface area contributed by atoms with Gasteiger partial charge in [0.05, 0.1) is 6.54 Å². The van der Waals surface area contributed by atoms with Gasteiger partial charge in [-0.1, -0.05) is 26.8 Å². The molecule has 2 heterocycles. The first-order valence-electron chi connectivity index (χ1n) is 7.62. The minimum Gasteiger partial charge on any atom is -0.363 e. The Hall–Kier alpha value is -2.24. The number of pyridine rings is 1. The van der Waals surface area contributed by atoms with Gasteiger partial charge in [-0.05, 0) is 30.9 Å². The number of carbonyl (C=O) groups excluding carboxylic acids is 1. The van der Waals surface area contributed by atoms with E-state index in [0.717, 1.165) is 35.6 Å². The molecule has 118 valence electrons. The molecule has 0 unspecified atom stereocenters. The Bertz CT molecular complexity index is 675. The molecule has 6 nitrogen and oxygen atoms in total. The molecule has 0 atom stereocenters. The third-order valence-corrected chi connectivity index (χ3v) is 3.57. The highest BCUT2D eigenvalue weighted by atomic mass is 16.1. The van der Waals surface area contributed by atoms with Gasteiger partial charge >= 0.3 is 0 Å². The van der Waals surface area contributed by atoms with Gasteiger partial charge in [0.25, 0.3) is 5.91 Å². The summed E-state index contributed by atoms with van der Waals surface area (Å²) in [5.41, 5.74) is 8.40. The van der Waals surface area contributed by atoms with Gasteiger partial charge < -0.3 is 5.73 Å². The zero-order chi connectivity index (χ0) is 16.3. The molecule has 2 aromatic rings. The van der Waals surface area contributed by atoms with Crippen molar-refractivity contribution in [1.29, 1.82) is 0 Å². The number of aryl methyl sites for hydroxylation is 2. The van der Waals surface area contributed by atoms with E-state index in [0.29, 0.717) is 12.5 Å². The monoisotopic (exact) mass is 301 g/mol. The number of aromatic nitrogens is 4. The fourth-order valence-electron chi connectivity index (χ4n) is 2.27. The fourth-order valence-corrected chi connectivity index (χ4v) is 2.27. The molecule has 0 aliphatic rings. The Labute approximate surface area is 130 Å². The lowest BCUT2D eigenvalue weighted by Gasteiger charge is -2.11. The zero-order valence-corrected chi connectivity index (χ0v) is 13.6. The SMILES string of the molecule is CCCc1nc(C(N)=O)nn1Cc1ccc(C(C)C)nc1C. The van der Waals surface area contributed by atoms with Crippen LogP contribution in [0.2, 0.25) is 0 Å². The van der Waals surface area contributed by atoms with Gasteiger partial charge in [0.2, 0.25) is 5.82 Å². The maximum absolute atomic E-state index is 11.3. The third-order valence-electron chi connectivity index (χ3n) is 3.57. The highest BCUT2D eigenvalue weighted by Gasteiger charge is 2.14. The first-order chi connectivity index (χ1) is 10.4. The van der Waals surface area contributed by atoms with Crippen LogP contribution in [0, 0.1) is 6.92 Å². The van der Waals surface area contributed by atoms with E-state index in [1.165, 1.54) is 0 Å². The molecule has 0 fully saturated rings. The van der Waals surface area contributed by atoms with Crippen LogP contribution in [-0.4, -0.2) is 25.7 Å². The van der Waals surface area contributed by atoms with Gasteiger partial charge in [-0.2, -0.15) is 0 Å². The van der Waals surface area contributed by atoms with Gasteiger partial charge in [-0.15, -0.1) is 5.10 Å². The maximum Gasteiger partial charge on any atom is 0.288 e. The van der Waals surface area contributed by atoms with Crippen molar-refractivity contribution in [2.45, 2.75) is 53.0 Å². The number of rotatable bonds is 6. The summed E-state index contributed by atoms with van der Waals surface area (Å²) >= 11 is 0. The summed E-state index contributed by atoms with van der Waals surface area (Å²) in [4.78, 5) is 20.1. The van der Waals surface area contributed by atoms with Crippen LogP contribution >= 0.6 is 0 Å². The van der Waals surface area contributed by atoms with Gasteiger partial charge in [0.15, 0.2) is 0 Å². The molecule has 0 bridgehead atoms. The summed E-state index contributed by atoms with van der Waals surface area (Å²) in [7, 11) is 0. The number of hydrogen-bond donors (Lipinski definition) is 1. The number of hydrogen-bond acceptors (Lipinski definition) is 4. The molecule has 6 heteroatoms. The summed E-state index contributed by atoms with van der Waals surface area (Å²) in [6, 6.07) is 4.11. The second-order valence-electron chi connectivity index (χ2n) is 5.76. The summed E-state index contributed by atoms with van der Waals surface area (Å²) in [6.45, 7) is 8.85.